The van der Waals surface area contributed by atoms with Crippen LogP contribution in [0.15, 0.2) is 12.4 Å². The van der Waals surface area contributed by atoms with Crippen molar-refractivity contribution in [2.24, 2.45) is 0 Å². The second-order valence-corrected chi connectivity index (χ2v) is 5.67. The first-order chi connectivity index (χ1) is 10.3. The predicted molar refractivity (Wildman–Crippen MR) is 81.5 cm³/mol. The number of ether oxygens (including phenoxy) is 1. The maximum Gasteiger partial charge on any atom is 0.254 e. The van der Waals surface area contributed by atoms with E-state index >= 15 is 0 Å². The second-order valence-electron chi connectivity index (χ2n) is 5.67. The van der Waals surface area contributed by atoms with E-state index in [1.165, 1.54) is 44.9 Å². The van der Waals surface area contributed by atoms with E-state index in [9.17, 15) is 0 Å². The summed E-state index contributed by atoms with van der Waals surface area (Å²) in [6.45, 7) is 3.46. The molecule has 2 heterocycles. The third-order valence-electron chi connectivity index (χ3n) is 3.94. The first kappa shape index (κ1) is 14.3. The Morgan fingerprint density at radius 3 is 2.90 bits per heavy atom. The molecule has 0 aromatic carbocycles. The molecule has 0 bridgehead atoms. The number of fused-ring (bicyclic) bond motifs is 1. The first-order valence-electron chi connectivity index (χ1n) is 7.86. The Labute approximate surface area is 124 Å². The lowest BCUT2D eigenvalue weighted by Crippen LogP contribution is -2.18. The van der Waals surface area contributed by atoms with Crippen molar-refractivity contribution >= 4 is 11.6 Å². The molecule has 1 aliphatic rings. The Balaban J connectivity index is 1.51. The quantitative estimate of drug-likeness (QED) is 0.677. The van der Waals surface area contributed by atoms with Gasteiger partial charge in [-0.2, -0.15) is 14.6 Å². The van der Waals surface area contributed by atoms with Crippen molar-refractivity contribution in [1.82, 2.24) is 19.6 Å². The number of anilines is 1. The minimum absolute atomic E-state index is 0.444. The fraction of sp³-hybridized carbons (Fsp3) is 0.667. The van der Waals surface area contributed by atoms with Gasteiger partial charge < -0.3 is 10.1 Å². The van der Waals surface area contributed by atoms with Crippen molar-refractivity contribution < 1.29 is 4.74 Å². The largest absolute Gasteiger partial charge is 0.376 e. The SMILES string of the molecule is Cc1cc(NCCOC2CCCCCC2)n2ncnc2n1. The van der Waals surface area contributed by atoms with Gasteiger partial charge in [0.15, 0.2) is 0 Å². The van der Waals surface area contributed by atoms with Crippen LogP contribution < -0.4 is 5.32 Å². The molecule has 2 aromatic heterocycles. The summed E-state index contributed by atoms with van der Waals surface area (Å²) in [5, 5.41) is 7.55. The number of nitrogens with zero attached hydrogens (tertiary/aromatic N) is 4. The van der Waals surface area contributed by atoms with E-state index < -0.39 is 0 Å². The van der Waals surface area contributed by atoms with Crippen molar-refractivity contribution in [3.63, 3.8) is 0 Å². The van der Waals surface area contributed by atoms with E-state index in [2.05, 4.69) is 20.4 Å². The van der Waals surface area contributed by atoms with Crippen LogP contribution in [0.4, 0.5) is 5.82 Å². The van der Waals surface area contributed by atoms with Crippen LogP contribution in [0.2, 0.25) is 0 Å². The van der Waals surface area contributed by atoms with Gasteiger partial charge in [0.2, 0.25) is 0 Å². The van der Waals surface area contributed by atoms with Gasteiger partial charge in [0.25, 0.3) is 5.78 Å². The van der Waals surface area contributed by atoms with Crippen LogP contribution in [0.25, 0.3) is 5.78 Å². The van der Waals surface area contributed by atoms with Gasteiger partial charge in [-0.1, -0.05) is 25.7 Å². The van der Waals surface area contributed by atoms with E-state index in [0.717, 1.165) is 24.7 Å². The minimum atomic E-state index is 0.444. The van der Waals surface area contributed by atoms with Crippen LogP contribution in [0, 0.1) is 6.92 Å². The van der Waals surface area contributed by atoms with Gasteiger partial charge in [-0.05, 0) is 19.8 Å². The maximum atomic E-state index is 5.99. The minimum Gasteiger partial charge on any atom is -0.376 e. The fourth-order valence-electron chi connectivity index (χ4n) is 2.87. The van der Waals surface area contributed by atoms with Crippen LogP contribution >= 0.6 is 0 Å². The van der Waals surface area contributed by atoms with Crippen LogP contribution in [-0.2, 0) is 4.74 Å². The Kier molecular flexibility index (Phi) is 4.65. The molecule has 21 heavy (non-hydrogen) atoms. The number of rotatable bonds is 5. The van der Waals surface area contributed by atoms with Gasteiger partial charge in [-0.25, -0.2) is 4.98 Å². The van der Waals surface area contributed by atoms with E-state index in [-0.39, 0.29) is 0 Å². The van der Waals surface area contributed by atoms with Gasteiger partial charge in [-0.15, -0.1) is 0 Å². The topological polar surface area (TPSA) is 64.3 Å². The highest BCUT2D eigenvalue weighted by Crippen LogP contribution is 2.19. The molecule has 1 fully saturated rings. The summed E-state index contributed by atoms with van der Waals surface area (Å²) in [6.07, 6.45) is 9.72. The lowest BCUT2D eigenvalue weighted by atomic mass is 10.1. The summed E-state index contributed by atoms with van der Waals surface area (Å²) in [5.74, 6) is 1.54. The number of nitrogens with one attached hydrogen (secondary N) is 1. The highest BCUT2D eigenvalue weighted by Gasteiger charge is 2.12. The molecule has 6 heteroatoms. The van der Waals surface area contributed by atoms with E-state index in [1.54, 1.807) is 4.52 Å². The molecule has 0 radical (unpaired) electrons. The monoisotopic (exact) mass is 289 g/mol. The van der Waals surface area contributed by atoms with Crippen LogP contribution in [0.1, 0.15) is 44.2 Å². The van der Waals surface area contributed by atoms with Crippen LogP contribution in [-0.4, -0.2) is 38.8 Å². The normalized spacial score (nSPS) is 17.0. The number of hydrogen-bond donors (Lipinski definition) is 1. The van der Waals surface area contributed by atoms with Gasteiger partial charge in [0, 0.05) is 18.3 Å². The molecular formula is C15H23N5O. The average molecular weight is 289 g/mol. The molecule has 114 valence electrons. The third kappa shape index (κ3) is 3.69. The molecule has 6 nitrogen and oxygen atoms in total. The maximum absolute atomic E-state index is 5.99. The Hall–Kier alpha value is -1.69. The highest BCUT2D eigenvalue weighted by molar-refractivity contribution is 5.44. The van der Waals surface area contributed by atoms with E-state index in [0.29, 0.717) is 11.9 Å². The first-order valence-corrected chi connectivity index (χ1v) is 7.86. The van der Waals surface area contributed by atoms with Crippen LogP contribution in [0.3, 0.4) is 0 Å². The molecule has 0 unspecified atom stereocenters. The second kappa shape index (κ2) is 6.85. The molecule has 0 saturated heterocycles. The fourth-order valence-corrected chi connectivity index (χ4v) is 2.87. The van der Waals surface area contributed by atoms with Gasteiger partial charge >= 0.3 is 0 Å². The van der Waals surface area contributed by atoms with Crippen molar-refractivity contribution in [3.05, 3.63) is 18.1 Å². The van der Waals surface area contributed by atoms with Gasteiger partial charge in [0.05, 0.1) is 12.7 Å². The molecule has 1 N–H and O–H groups in total. The molecule has 1 saturated carbocycles. The van der Waals surface area contributed by atoms with Crippen LogP contribution in [0.5, 0.6) is 0 Å². The molecule has 0 atom stereocenters. The van der Waals surface area contributed by atoms with Crippen molar-refractivity contribution in [3.8, 4) is 0 Å². The molecule has 0 amide bonds. The number of aromatic nitrogens is 4. The zero-order valence-electron chi connectivity index (χ0n) is 12.6. The zero-order valence-corrected chi connectivity index (χ0v) is 12.6. The van der Waals surface area contributed by atoms with Crippen molar-refractivity contribution in [2.45, 2.75) is 51.6 Å². The van der Waals surface area contributed by atoms with Gasteiger partial charge in [-0.3, -0.25) is 0 Å². The summed E-state index contributed by atoms with van der Waals surface area (Å²) >= 11 is 0. The summed E-state index contributed by atoms with van der Waals surface area (Å²) in [5.41, 5.74) is 0.933. The smallest absolute Gasteiger partial charge is 0.254 e. The average Bonchev–Trinajstić information content (AvgIpc) is 2.79. The Morgan fingerprint density at radius 2 is 2.10 bits per heavy atom. The summed E-state index contributed by atoms with van der Waals surface area (Å²) in [6, 6.07) is 1.98. The summed E-state index contributed by atoms with van der Waals surface area (Å²) in [7, 11) is 0. The van der Waals surface area contributed by atoms with Gasteiger partial charge in [0.1, 0.15) is 12.1 Å². The molecule has 3 rings (SSSR count). The third-order valence-corrected chi connectivity index (χ3v) is 3.94. The molecule has 1 aliphatic carbocycles. The molecular weight excluding hydrogens is 266 g/mol. The molecule has 0 spiro atoms. The van der Waals surface area contributed by atoms with E-state index in [1.807, 2.05) is 13.0 Å². The molecule has 0 aliphatic heterocycles. The lowest BCUT2D eigenvalue weighted by molar-refractivity contribution is 0.0501. The van der Waals surface area contributed by atoms with Crippen molar-refractivity contribution in [1.29, 1.82) is 0 Å². The Morgan fingerprint density at radius 1 is 1.29 bits per heavy atom. The standard InChI is InChI=1S/C15H23N5O/c1-12-10-14(20-15(19-12)17-11-18-20)16-8-9-21-13-6-4-2-3-5-7-13/h10-11,13,16H,2-9H2,1H3. The molecule has 2 aromatic rings. The van der Waals surface area contributed by atoms with E-state index in [4.69, 9.17) is 4.74 Å². The zero-order chi connectivity index (χ0) is 14.5. The summed E-state index contributed by atoms with van der Waals surface area (Å²) in [4.78, 5) is 8.45. The highest BCUT2D eigenvalue weighted by atomic mass is 16.5. The summed E-state index contributed by atoms with van der Waals surface area (Å²) < 4.78 is 7.71. The Bertz CT molecular complexity index is 574. The number of aryl methyl sites for hydroxylation is 1. The van der Waals surface area contributed by atoms with Crippen molar-refractivity contribution in [2.75, 3.05) is 18.5 Å². The lowest BCUT2D eigenvalue weighted by Gasteiger charge is -2.16. The number of hydrogen-bond acceptors (Lipinski definition) is 5. The predicted octanol–water partition coefficient (Wildman–Crippen LogP) is 2.58.